The number of benzene rings is 3. The number of nitrogens with one attached hydrogen (secondary N) is 1. The van der Waals surface area contributed by atoms with Crippen molar-refractivity contribution in [1.82, 2.24) is 20.1 Å². The summed E-state index contributed by atoms with van der Waals surface area (Å²) in [6.07, 6.45) is 0.617. The molecule has 32 heavy (non-hydrogen) atoms. The fourth-order valence-corrected chi connectivity index (χ4v) is 3.92. The van der Waals surface area contributed by atoms with Gasteiger partial charge in [-0.05, 0) is 60.5 Å². The van der Waals surface area contributed by atoms with Gasteiger partial charge in [0.2, 0.25) is 5.91 Å². The Morgan fingerprint density at radius 3 is 2.22 bits per heavy atom. The topological polar surface area (TPSA) is 59.8 Å². The van der Waals surface area contributed by atoms with Crippen molar-refractivity contribution in [1.29, 1.82) is 0 Å². The molecule has 0 atom stereocenters. The minimum atomic E-state index is -0.327. The van der Waals surface area contributed by atoms with E-state index in [1.165, 1.54) is 36.0 Å². The second-order valence-electron chi connectivity index (χ2n) is 7.00. The van der Waals surface area contributed by atoms with Crippen LogP contribution in [0.5, 0.6) is 0 Å². The Morgan fingerprint density at radius 2 is 1.53 bits per heavy atom. The average molecular weight is 451 g/mol. The molecule has 0 radical (unpaired) electrons. The van der Waals surface area contributed by atoms with Crippen LogP contribution in [0.25, 0.3) is 17.1 Å². The second-order valence-corrected chi connectivity index (χ2v) is 7.94. The van der Waals surface area contributed by atoms with E-state index in [1.807, 2.05) is 34.9 Å². The van der Waals surface area contributed by atoms with E-state index in [0.717, 1.165) is 16.8 Å². The van der Waals surface area contributed by atoms with Crippen molar-refractivity contribution in [2.24, 2.45) is 0 Å². The van der Waals surface area contributed by atoms with Gasteiger partial charge in [0.1, 0.15) is 11.6 Å². The Hall–Kier alpha value is -3.52. The molecule has 0 unspecified atom stereocenters. The molecule has 5 nitrogen and oxygen atoms in total. The van der Waals surface area contributed by atoms with Gasteiger partial charge >= 0.3 is 0 Å². The first-order chi connectivity index (χ1) is 15.6. The molecule has 0 saturated heterocycles. The van der Waals surface area contributed by atoms with Crippen LogP contribution in [0.1, 0.15) is 5.56 Å². The first-order valence-corrected chi connectivity index (χ1v) is 11.0. The zero-order chi connectivity index (χ0) is 22.3. The summed E-state index contributed by atoms with van der Waals surface area (Å²) >= 11 is 1.27. The normalized spacial score (nSPS) is 10.8. The summed E-state index contributed by atoms with van der Waals surface area (Å²) in [6, 6.07) is 21.8. The van der Waals surface area contributed by atoms with Crippen molar-refractivity contribution in [3.8, 4) is 17.1 Å². The average Bonchev–Trinajstić information content (AvgIpc) is 3.24. The molecule has 1 amide bonds. The third-order valence-electron chi connectivity index (χ3n) is 4.73. The number of carbonyl (C=O) groups excluding carboxylic acids is 1. The van der Waals surface area contributed by atoms with E-state index in [0.29, 0.717) is 23.9 Å². The standard InChI is InChI=1S/C24H20F2N4OS/c25-19-10-6-17(7-11-19)14-15-27-22(31)16-32-24-29-28-23(18-8-12-20(26)13-9-18)30(24)21-4-2-1-3-5-21/h1-13H,14-16H2,(H,27,31). The molecule has 4 rings (SSSR count). The summed E-state index contributed by atoms with van der Waals surface area (Å²) in [5.74, 6) is -0.0146. The summed E-state index contributed by atoms with van der Waals surface area (Å²) in [5.41, 5.74) is 2.52. The molecular weight excluding hydrogens is 430 g/mol. The van der Waals surface area contributed by atoms with E-state index in [9.17, 15) is 13.6 Å². The van der Waals surface area contributed by atoms with Crippen LogP contribution in [0.3, 0.4) is 0 Å². The Labute approximate surface area is 188 Å². The maximum Gasteiger partial charge on any atom is 0.230 e. The van der Waals surface area contributed by atoms with Crippen LogP contribution in [-0.2, 0) is 11.2 Å². The van der Waals surface area contributed by atoms with Crippen LogP contribution in [-0.4, -0.2) is 33.0 Å². The monoisotopic (exact) mass is 450 g/mol. The quantitative estimate of drug-likeness (QED) is 0.397. The maximum absolute atomic E-state index is 13.4. The van der Waals surface area contributed by atoms with Gasteiger partial charge in [0.05, 0.1) is 5.75 Å². The first-order valence-electron chi connectivity index (χ1n) is 10.0. The van der Waals surface area contributed by atoms with E-state index >= 15 is 0 Å². The fourth-order valence-electron chi connectivity index (χ4n) is 3.14. The van der Waals surface area contributed by atoms with Gasteiger partial charge in [-0.1, -0.05) is 42.1 Å². The van der Waals surface area contributed by atoms with Crippen LogP contribution in [0.4, 0.5) is 8.78 Å². The van der Waals surface area contributed by atoms with E-state index in [2.05, 4.69) is 15.5 Å². The van der Waals surface area contributed by atoms with Crippen molar-refractivity contribution < 1.29 is 13.6 Å². The summed E-state index contributed by atoms with van der Waals surface area (Å²) in [5, 5.41) is 12.0. The number of para-hydroxylation sites is 1. The molecule has 0 aliphatic rings. The summed E-state index contributed by atoms with van der Waals surface area (Å²) < 4.78 is 28.2. The van der Waals surface area contributed by atoms with Gasteiger partial charge < -0.3 is 5.32 Å². The Kier molecular flexibility index (Phi) is 6.91. The van der Waals surface area contributed by atoms with Crippen LogP contribution >= 0.6 is 11.8 Å². The highest BCUT2D eigenvalue weighted by atomic mass is 32.2. The summed E-state index contributed by atoms with van der Waals surface area (Å²) in [7, 11) is 0. The van der Waals surface area contributed by atoms with Crippen molar-refractivity contribution in [2.75, 3.05) is 12.3 Å². The molecule has 0 aliphatic carbocycles. The smallest absolute Gasteiger partial charge is 0.230 e. The third kappa shape index (κ3) is 5.39. The number of rotatable bonds is 8. The lowest BCUT2D eigenvalue weighted by Crippen LogP contribution is -2.27. The number of thioether (sulfide) groups is 1. The van der Waals surface area contributed by atoms with Gasteiger partial charge in [0.15, 0.2) is 11.0 Å². The highest BCUT2D eigenvalue weighted by Crippen LogP contribution is 2.28. The van der Waals surface area contributed by atoms with Gasteiger partial charge in [-0.2, -0.15) is 0 Å². The molecule has 0 saturated carbocycles. The van der Waals surface area contributed by atoms with Crippen molar-refractivity contribution in [3.05, 3.63) is 96.1 Å². The highest BCUT2D eigenvalue weighted by molar-refractivity contribution is 7.99. The van der Waals surface area contributed by atoms with Crippen molar-refractivity contribution in [3.63, 3.8) is 0 Å². The molecule has 4 aromatic rings. The van der Waals surface area contributed by atoms with E-state index in [1.54, 1.807) is 24.3 Å². The molecule has 1 N–H and O–H groups in total. The van der Waals surface area contributed by atoms with Gasteiger partial charge in [0.25, 0.3) is 0 Å². The molecule has 0 bridgehead atoms. The minimum absolute atomic E-state index is 0.136. The highest BCUT2D eigenvalue weighted by Gasteiger charge is 2.17. The predicted molar refractivity (Wildman–Crippen MR) is 121 cm³/mol. The zero-order valence-electron chi connectivity index (χ0n) is 17.0. The van der Waals surface area contributed by atoms with Gasteiger partial charge in [-0.3, -0.25) is 9.36 Å². The van der Waals surface area contributed by atoms with Crippen LogP contribution in [0, 0.1) is 11.6 Å². The fraction of sp³-hybridized carbons (Fsp3) is 0.125. The molecule has 8 heteroatoms. The molecule has 1 heterocycles. The van der Waals surface area contributed by atoms with Gasteiger partial charge in [-0.15, -0.1) is 10.2 Å². The lowest BCUT2D eigenvalue weighted by molar-refractivity contribution is -0.118. The van der Waals surface area contributed by atoms with E-state index in [-0.39, 0.29) is 23.3 Å². The summed E-state index contributed by atoms with van der Waals surface area (Å²) in [4.78, 5) is 12.3. The number of hydrogen-bond donors (Lipinski definition) is 1. The lowest BCUT2D eigenvalue weighted by Gasteiger charge is -2.10. The Balaban J connectivity index is 1.44. The number of hydrogen-bond acceptors (Lipinski definition) is 4. The molecule has 3 aromatic carbocycles. The van der Waals surface area contributed by atoms with Gasteiger partial charge in [-0.25, -0.2) is 8.78 Å². The largest absolute Gasteiger partial charge is 0.355 e. The van der Waals surface area contributed by atoms with Crippen LogP contribution in [0.15, 0.2) is 84.0 Å². The molecule has 0 fully saturated rings. The number of aromatic nitrogens is 3. The maximum atomic E-state index is 13.4. The molecule has 0 aliphatic heterocycles. The Bertz CT molecular complexity index is 1180. The molecule has 162 valence electrons. The number of amides is 1. The van der Waals surface area contributed by atoms with Crippen LogP contribution < -0.4 is 5.32 Å². The number of nitrogens with zero attached hydrogens (tertiary/aromatic N) is 3. The van der Waals surface area contributed by atoms with E-state index < -0.39 is 0 Å². The molecule has 0 spiro atoms. The van der Waals surface area contributed by atoms with Crippen LogP contribution in [0.2, 0.25) is 0 Å². The molecule has 1 aromatic heterocycles. The number of halogens is 2. The minimum Gasteiger partial charge on any atom is -0.355 e. The van der Waals surface area contributed by atoms with E-state index in [4.69, 9.17) is 0 Å². The Morgan fingerprint density at radius 1 is 0.875 bits per heavy atom. The van der Waals surface area contributed by atoms with Crippen molar-refractivity contribution in [2.45, 2.75) is 11.6 Å². The van der Waals surface area contributed by atoms with Gasteiger partial charge in [0, 0.05) is 17.8 Å². The first kappa shape index (κ1) is 21.7. The lowest BCUT2D eigenvalue weighted by atomic mass is 10.1. The summed E-state index contributed by atoms with van der Waals surface area (Å²) in [6.45, 7) is 0.456. The number of carbonyl (C=O) groups is 1. The second kappa shape index (κ2) is 10.2. The third-order valence-corrected chi connectivity index (χ3v) is 5.66. The SMILES string of the molecule is O=C(CSc1nnc(-c2ccc(F)cc2)n1-c1ccccc1)NCCc1ccc(F)cc1. The molecular formula is C24H20F2N4OS. The zero-order valence-corrected chi connectivity index (χ0v) is 17.9. The van der Waals surface area contributed by atoms with Crippen molar-refractivity contribution >= 4 is 17.7 Å². The predicted octanol–water partition coefficient (Wildman–Crippen LogP) is 4.66.